The predicted molar refractivity (Wildman–Crippen MR) is 89.9 cm³/mol. The third kappa shape index (κ3) is 4.12. The number of carbonyl (C=O) groups is 2. The number of carboxylic acids is 1. The molecule has 1 aromatic heterocycles. The highest BCUT2D eigenvalue weighted by molar-refractivity contribution is 5.95. The normalized spacial score (nSPS) is 23.0. The van der Waals surface area contributed by atoms with E-state index in [1.54, 1.807) is 0 Å². The Hall–Kier alpha value is -1.95. The number of aryl methyl sites for hydroxylation is 2. The van der Waals surface area contributed by atoms with Crippen LogP contribution in [-0.2, 0) is 4.79 Å². The molecule has 6 heteroatoms. The van der Waals surface area contributed by atoms with Gasteiger partial charge in [-0.2, -0.15) is 0 Å². The van der Waals surface area contributed by atoms with Gasteiger partial charge in [0.05, 0.1) is 17.8 Å². The lowest BCUT2D eigenvalue weighted by Gasteiger charge is -2.42. The predicted octanol–water partition coefficient (Wildman–Crippen LogP) is 1.76. The number of aliphatic carboxylic acids is 1. The van der Waals surface area contributed by atoms with Crippen LogP contribution < -0.4 is 5.32 Å². The second-order valence-electron chi connectivity index (χ2n) is 7.15. The van der Waals surface area contributed by atoms with E-state index in [0.29, 0.717) is 11.5 Å². The Morgan fingerprint density at radius 2 is 2.00 bits per heavy atom. The van der Waals surface area contributed by atoms with Gasteiger partial charge in [0.15, 0.2) is 0 Å². The largest absolute Gasteiger partial charge is 0.480 e. The van der Waals surface area contributed by atoms with Crippen molar-refractivity contribution < 1.29 is 14.7 Å². The number of carbonyl (C=O) groups excluding carboxylic acids is 1. The van der Waals surface area contributed by atoms with E-state index in [9.17, 15) is 9.59 Å². The molecule has 2 fully saturated rings. The summed E-state index contributed by atoms with van der Waals surface area (Å²) in [5, 5.41) is 12.1. The van der Waals surface area contributed by atoms with Crippen LogP contribution in [-0.4, -0.2) is 52.0 Å². The van der Waals surface area contributed by atoms with E-state index in [1.807, 2.05) is 26.0 Å². The van der Waals surface area contributed by atoms with Gasteiger partial charge in [-0.25, -0.2) is 0 Å². The summed E-state index contributed by atoms with van der Waals surface area (Å²) in [5.74, 6) is -0.195. The molecule has 1 heterocycles. The van der Waals surface area contributed by atoms with Gasteiger partial charge >= 0.3 is 5.97 Å². The van der Waals surface area contributed by atoms with Crippen LogP contribution in [0.15, 0.2) is 12.1 Å². The molecule has 3 rings (SSSR count). The average Bonchev–Trinajstić information content (AvgIpc) is 3.24. The van der Waals surface area contributed by atoms with Gasteiger partial charge in [0.1, 0.15) is 0 Å². The number of carboxylic acid groups (broad SMARTS) is 1. The minimum absolute atomic E-state index is 0.0876. The first-order valence-electron chi connectivity index (χ1n) is 8.63. The van der Waals surface area contributed by atoms with Crippen molar-refractivity contribution in [2.45, 2.75) is 51.6 Å². The minimum Gasteiger partial charge on any atom is -0.480 e. The molecule has 2 N–H and O–H groups in total. The Morgan fingerprint density at radius 1 is 1.29 bits per heavy atom. The molecule has 6 nitrogen and oxygen atoms in total. The van der Waals surface area contributed by atoms with Crippen molar-refractivity contribution >= 4 is 11.9 Å². The van der Waals surface area contributed by atoms with E-state index >= 15 is 0 Å². The Kier molecular flexibility index (Phi) is 4.85. The molecule has 0 aromatic carbocycles. The molecule has 0 aliphatic heterocycles. The number of aromatic nitrogens is 1. The summed E-state index contributed by atoms with van der Waals surface area (Å²) in [6.07, 6.45) is 4.07. The highest BCUT2D eigenvalue weighted by Gasteiger charge is 2.37. The van der Waals surface area contributed by atoms with Crippen LogP contribution in [0, 0.1) is 19.8 Å². The van der Waals surface area contributed by atoms with Gasteiger partial charge in [-0.15, -0.1) is 0 Å². The van der Waals surface area contributed by atoms with Crippen LogP contribution in [0.1, 0.15) is 47.4 Å². The summed E-state index contributed by atoms with van der Waals surface area (Å²) in [6, 6.07) is 4.05. The summed E-state index contributed by atoms with van der Waals surface area (Å²) in [4.78, 5) is 29.8. The van der Waals surface area contributed by atoms with Crippen LogP contribution in [0.3, 0.4) is 0 Å². The van der Waals surface area contributed by atoms with Crippen LogP contribution in [0.5, 0.6) is 0 Å². The molecule has 24 heavy (non-hydrogen) atoms. The minimum atomic E-state index is -0.774. The quantitative estimate of drug-likeness (QED) is 0.795. The first-order valence-corrected chi connectivity index (χ1v) is 8.63. The summed E-state index contributed by atoms with van der Waals surface area (Å²) >= 11 is 0. The summed E-state index contributed by atoms with van der Waals surface area (Å²) < 4.78 is 0. The van der Waals surface area contributed by atoms with Gasteiger partial charge in [-0.05, 0) is 57.6 Å². The van der Waals surface area contributed by atoms with Crippen LogP contribution >= 0.6 is 0 Å². The number of nitrogens with zero attached hydrogens (tertiary/aromatic N) is 2. The van der Waals surface area contributed by atoms with Gasteiger partial charge in [0, 0.05) is 24.3 Å². The highest BCUT2D eigenvalue weighted by atomic mass is 16.4. The molecule has 1 amide bonds. The van der Waals surface area contributed by atoms with Gasteiger partial charge in [-0.3, -0.25) is 19.5 Å². The molecule has 0 saturated heterocycles. The van der Waals surface area contributed by atoms with Crippen LogP contribution in [0.2, 0.25) is 0 Å². The van der Waals surface area contributed by atoms with Crippen molar-refractivity contribution in [1.29, 1.82) is 0 Å². The third-order valence-electron chi connectivity index (χ3n) is 4.96. The number of pyridine rings is 1. The first kappa shape index (κ1) is 16.9. The third-order valence-corrected chi connectivity index (χ3v) is 4.96. The van der Waals surface area contributed by atoms with E-state index in [1.165, 1.54) is 12.8 Å². The summed E-state index contributed by atoms with van der Waals surface area (Å²) in [5.41, 5.74) is 2.26. The number of nitrogens with one attached hydrogen (secondary N) is 1. The molecule has 2 saturated carbocycles. The van der Waals surface area contributed by atoms with Crippen molar-refractivity contribution in [3.8, 4) is 0 Å². The molecule has 1 aromatic rings. The molecule has 2 aliphatic carbocycles. The van der Waals surface area contributed by atoms with Crippen LogP contribution in [0.25, 0.3) is 0 Å². The molecule has 0 atom stereocenters. The van der Waals surface area contributed by atoms with Crippen molar-refractivity contribution in [3.63, 3.8) is 0 Å². The Morgan fingerprint density at radius 3 is 2.58 bits per heavy atom. The van der Waals surface area contributed by atoms with Gasteiger partial charge < -0.3 is 10.4 Å². The first-order chi connectivity index (χ1) is 11.4. The molecule has 130 valence electrons. The molecular weight excluding hydrogens is 306 g/mol. The van der Waals surface area contributed by atoms with Gasteiger partial charge in [0.25, 0.3) is 5.91 Å². The number of hydrogen-bond acceptors (Lipinski definition) is 4. The Labute approximate surface area is 142 Å². The highest BCUT2D eigenvalue weighted by Crippen LogP contribution is 2.33. The maximum atomic E-state index is 12.4. The fourth-order valence-corrected chi connectivity index (χ4v) is 3.34. The van der Waals surface area contributed by atoms with E-state index in [0.717, 1.165) is 30.8 Å². The lowest BCUT2D eigenvalue weighted by atomic mass is 9.85. The molecule has 0 bridgehead atoms. The van der Waals surface area contributed by atoms with E-state index in [-0.39, 0.29) is 24.5 Å². The second-order valence-corrected chi connectivity index (χ2v) is 7.15. The van der Waals surface area contributed by atoms with E-state index < -0.39 is 5.97 Å². The zero-order chi connectivity index (χ0) is 17.3. The lowest BCUT2D eigenvalue weighted by molar-refractivity contribution is -0.139. The van der Waals surface area contributed by atoms with Gasteiger partial charge in [0.2, 0.25) is 0 Å². The standard InChI is InChI=1S/C18H25N3O3/c1-11-3-6-16(12(2)19-11)18(24)20-14-7-15(8-14)21(10-17(22)23)9-13-4-5-13/h3,6,13-15H,4-5,7-10H2,1-2H3,(H,20,24)(H,22,23). The Balaban J connectivity index is 1.51. The maximum Gasteiger partial charge on any atom is 0.317 e. The molecular formula is C18H25N3O3. The zero-order valence-corrected chi connectivity index (χ0v) is 14.3. The monoisotopic (exact) mass is 331 g/mol. The summed E-state index contributed by atoms with van der Waals surface area (Å²) in [7, 11) is 0. The lowest BCUT2D eigenvalue weighted by Crippen LogP contribution is -2.55. The molecule has 0 spiro atoms. The van der Waals surface area contributed by atoms with Gasteiger partial charge in [-0.1, -0.05) is 0 Å². The van der Waals surface area contributed by atoms with Crippen molar-refractivity contribution in [2.75, 3.05) is 13.1 Å². The fourth-order valence-electron chi connectivity index (χ4n) is 3.34. The fraction of sp³-hybridized carbons (Fsp3) is 0.611. The van der Waals surface area contributed by atoms with Crippen LogP contribution in [0.4, 0.5) is 0 Å². The molecule has 0 radical (unpaired) electrons. The topological polar surface area (TPSA) is 82.5 Å². The molecule has 2 aliphatic rings. The van der Waals surface area contributed by atoms with Crippen molar-refractivity contribution in [3.05, 3.63) is 29.1 Å². The van der Waals surface area contributed by atoms with Crippen molar-refractivity contribution in [1.82, 2.24) is 15.2 Å². The van der Waals surface area contributed by atoms with E-state index in [2.05, 4.69) is 15.2 Å². The number of rotatable bonds is 7. The number of amides is 1. The number of hydrogen-bond donors (Lipinski definition) is 2. The average molecular weight is 331 g/mol. The van der Waals surface area contributed by atoms with E-state index in [4.69, 9.17) is 5.11 Å². The SMILES string of the molecule is Cc1ccc(C(=O)NC2CC(N(CC(=O)O)CC3CC3)C2)c(C)n1. The van der Waals surface area contributed by atoms with Crippen molar-refractivity contribution in [2.24, 2.45) is 5.92 Å². The molecule has 0 unspecified atom stereocenters. The second kappa shape index (κ2) is 6.89. The Bertz CT molecular complexity index is 636. The smallest absolute Gasteiger partial charge is 0.317 e. The zero-order valence-electron chi connectivity index (χ0n) is 14.3. The maximum absolute atomic E-state index is 12.4. The summed E-state index contributed by atoms with van der Waals surface area (Å²) in [6.45, 7) is 4.72.